The van der Waals surface area contributed by atoms with Crippen molar-refractivity contribution in [3.8, 4) is 11.8 Å². The van der Waals surface area contributed by atoms with Crippen LogP contribution in [0.3, 0.4) is 0 Å². The lowest BCUT2D eigenvalue weighted by Crippen LogP contribution is -2.58. The SMILES string of the molecule is COCO[C@@H]([C@@H](C)C#C[C@H](C[C@@H]1O[C@H](O[Si](C)(C)C(C)(C)C)[C@H](C)[C@@H](O[Si](C)(C)C(C)(C)C)[C@H]1C)OCOC)[C@@H](C)/C=C(/C)I. The number of rotatable bonds is 15. The lowest BCUT2D eigenvalue weighted by Gasteiger charge is -2.51. The number of ether oxygens (including phenoxy) is 5. The van der Waals surface area contributed by atoms with Gasteiger partial charge in [-0.15, -0.1) is 0 Å². The highest BCUT2D eigenvalue weighted by molar-refractivity contribution is 14.1. The fraction of sp³-hybridized carbons (Fsp3) is 0.886. The van der Waals surface area contributed by atoms with Crippen LogP contribution in [0.5, 0.6) is 0 Å². The van der Waals surface area contributed by atoms with E-state index in [2.05, 4.69) is 143 Å². The van der Waals surface area contributed by atoms with Crippen LogP contribution in [0, 0.1) is 35.5 Å². The summed E-state index contributed by atoms with van der Waals surface area (Å²) in [7, 11) is -0.926. The predicted molar refractivity (Wildman–Crippen MR) is 199 cm³/mol. The maximum atomic E-state index is 7.17. The molecule has 1 heterocycles. The minimum absolute atomic E-state index is 0.00894. The Morgan fingerprint density at radius 2 is 1.36 bits per heavy atom. The molecule has 0 aromatic carbocycles. The van der Waals surface area contributed by atoms with Gasteiger partial charge in [-0.25, -0.2) is 0 Å². The number of halogens is 1. The average Bonchev–Trinajstić information content (AvgIpc) is 2.89. The molecule has 0 saturated carbocycles. The maximum absolute atomic E-state index is 7.17. The molecule has 9 atom stereocenters. The van der Waals surface area contributed by atoms with Crippen molar-refractivity contribution in [3.05, 3.63) is 9.66 Å². The van der Waals surface area contributed by atoms with Crippen LogP contribution in [0.1, 0.15) is 82.6 Å². The topological polar surface area (TPSA) is 64.6 Å². The summed E-state index contributed by atoms with van der Waals surface area (Å²) >= 11 is 2.34. The van der Waals surface area contributed by atoms with E-state index in [1.165, 1.54) is 3.58 Å². The molecular formula is C35H67IO7Si2. The van der Waals surface area contributed by atoms with Crippen molar-refractivity contribution in [1.29, 1.82) is 0 Å². The van der Waals surface area contributed by atoms with Gasteiger partial charge in [-0.05, 0) is 76.3 Å². The molecular weight excluding hydrogens is 715 g/mol. The van der Waals surface area contributed by atoms with E-state index in [1.54, 1.807) is 14.2 Å². The van der Waals surface area contributed by atoms with Crippen molar-refractivity contribution in [3.63, 3.8) is 0 Å². The molecule has 0 aliphatic carbocycles. The van der Waals surface area contributed by atoms with E-state index in [0.29, 0.717) is 6.42 Å². The summed E-state index contributed by atoms with van der Waals surface area (Å²) in [6.45, 7) is 34.1. The minimum Gasteiger partial charge on any atom is -0.413 e. The van der Waals surface area contributed by atoms with Gasteiger partial charge in [-0.3, -0.25) is 0 Å². The highest BCUT2D eigenvalue weighted by Gasteiger charge is 2.50. The first-order chi connectivity index (χ1) is 20.5. The van der Waals surface area contributed by atoms with E-state index in [0.717, 1.165) is 0 Å². The molecule has 1 rings (SSSR count). The summed E-state index contributed by atoms with van der Waals surface area (Å²) in [5, 5.41) is 0.144. The summed E-state index contributed by atoms with van der Waals surface area (Å²) in [6, 6.07) is 0. The second kappa shape index (κ2) is 18.3. The Hall–Kier alpha value is 0.184. The second-order valence-electron chi connectivity index (χ2n) is 16.0. The molecule has 0 N–H and O–H groups in total. The van der Waals surface area contributed by atoms with Crippen LogP contribution >= 0.6 is 22.6 Å². The first-order valence-corrected chi connectivity index (χ1v) is 23.5. The minimum atomic E-state index is -2.13. The molecule has 7 nitrogen and oxygen atoms in total. The lowest BCUT2D eigenvalue weighted by molar-refractivity contribution is -0.237. The third kappa shape index (κ3) is 13.2. The smallest absolute Gasteiger partial charge is 0.195 e. The van der Waals surface area contributed by atoms with Crippen LogP contribution in [0.15, 0.2) is 9.66 Å². The molecule has 45 heavy (non-hydrogen) atoms. The fourth-order valence-electron chi connectivity index (χ4n) is 5.06. The van der Waals surface area contributed by atoms with Crippen LogP contribution in [0.4, 0.5) is 0 Å². The maximum Gasteiger partial charge on any atom is 0.195 e. The Balaban J connectivity index is 3.46. The molecule has 1 aliphatic heterocycles. The molecule has 0 radical (unpaired) electrons. The second-order valence-corrected chi connectivity index (χ2v) is 27.2. The van der Waals surface area contributed by atoms with E-state index in [9.17, 15) is 0 Å². The number of hydrogen-bond acceptors (Lipinski definition) is 7. The van der Waals surface area contributed by atoms with Crippen molar-refractivity contribution < 1.29 is 32.5 Å². The van der Waals surface area contributed by atoms with Crippen LogP contribution < -0.4 is 0 Å². The molecule has 10 heteroatoms. The number of allylic oxidation sites excluding steroid dienone is 1. The largest absolute Gasteiger partial charge is 0.413 e. The van der Waals surface area contributed by atoms with Gasteiger partial charge in [0.05, 0.1) is 18.3 Å². The lowest BCUT2D eigenvalue weighted by atomic mass is 9.84. The van der Waals surface area contributed by atoms with Crippen LogP contribution in [0.25, 0.3) is 0 Å². The van der Waals surface area contributed by atoms with Gasteiger partial charge in [0.25, 0.3) is 0 Å². The Kier molecular flexibility index (Phi) is 17.5. The van der Waals surface area contributed by atoms with Gasteiger partial charge < -0.3 is 32.5 Å². The van der Waals surface area contributed by atoms with Crippen molar-refractivity contribution in [1.82, 2.24) is 0 Å². The van der Waals surface area contributed by atoms with Gasteiger partial charge in [0.15, 0.2) is 22.9 Å². The van der Waals surface area contributed by atoms with Crippen molar-refractivity contribution in [2.24, 2.45) is 23.7 Å². The van der Waals surface area contributed by atoms with Crippen molar-refractivity contribution in [2.75, 3.05) is 27.8 Å². The molecule has 0 spiro atoms. The fourth-order valence-corrected chi connectivity index (χ4v) is 8.30. The van der Waals surface area contributed by atoms with Gasteiger partial charge in [-0.1, -0.05) is 80.2 Å². The van der Waals surface area contributed by atoms with Crippen LogP contribution in [-0.2, 0) is 32.5 Å². The van der Waals surface area contributed by atoms with Crippen LogP contribution in [-0.4, -0.2) is 75.1 Å². The third-order valence-electron chi connectivity index (χ3n) is 10.0. The molecule has 1 saturated heterocycles. The summed E-state index contributed by atoms with van der Waals surface area (Å²) in [6.07, 6.45) is 1.73. The monoisotopic (exact) mass is 782 g/mol. The number of hydrogen-bond donors (Lipinski definition) is 0. The number of methoxy groups -OCH3 is 2. The van der Waals surface area contributed by atoms with Crippen molar-refractivity contribution in [2.45, 2.75) is 150 Å². The van der Waals surface area contributed by atoms with Gasteiger partial charge in [0, 0.05) is 44.3 Å². The molecule has 0 unspecified atom stereocenters. The summed E-state index contributed by atoms with van der Waals surface area (Å²) in [5.41, 5.74) is 0. The predicted octanol–water partition coefficient (Wildman–Crippen LogP) is 9.38. The first-order valence-electron chi connectivity index (χ1n) is 16.6. The molecule has 264 valence electrons. The van der Waals surface area contributed by atoms with E-state index < -0.39 is 22.7 Å². The molecule has 0 amide bonds. The van der Waals surface area contributed by atoms with Gasteiger partial charge in [0.1, 0.15) is 19.7 Å². The molecule has 0 bridgehead atoms. The summed E-state index contributed by atoms with van der Waals surface area (Å²) in [4.78, 5) is 0. The summed E-state index contributed by atoms with van der Waals surface area (Å²) in [5.74, 6) is 7.22. The Labute approximate surface area is 293 Å². The molecule has 0 aromatic rings. The average molecular weight is 783 g/mol. The molecule has 1 aliphatic rings. The molecule has 0 aromatic heterocycles. The quantitative estimate of drug-likeness (QED) is 0.0711. The zero-order valence-corrected chi connectivity index (χ0v) is 35.8. The first kappa shape index (κ1) is 43.2. The van der Waals surface area contributed by atoms with E-state index >= 15 is 0 Å². The third-order valence-corrected chi connectivity index (χ3v) is 19.3. The Morgan fingerprint density at radius 3 is 1.84 bits per heavy atom. The van der Waals surface area contributed by atoms with Gasteiger partial charge in [-0.2, -0.15) is 0 Å². The van der Waals surface area contributed by atoms with Gasteiger partial charge in [0.2, 0.25) is 0 Å². The van der Waals surface area contributed by atoms with E-state index in [-0.39, 0.29) is 71.9 Å². The standard InChI is InChI=1S/C35H67IO7Si2/c1-24(31(40-23-38-13)25(2)20-26(3)36)18-19-29(39-22-37-12)21-30-27(4)32(42-44(14,15)34(6,7)8)28(5)33(41-30)43-45(16,17)35(9,10)11/h20,24-25,27-33H,21-23H2,1-17H3/b26-20-/t24-,25-,27-,28+,29+,30-,31-,32-,33+/m0/s1. The van der Waals surface area contributed by atoms with Gasteiger partial charge >= 0.3 is 0 Å². The van der Waals surface area contributed by atoms with E-state index in [4.69, 9.17) is 32.5 Å². The van der Waals surface area contributed by atoms with Crippen LogP contribution in [0.2, 0.25) is 36.3 Å². The zero-order chi connectivity index (χ0) is 35.0. The highest BCUT2D eigenvalue weighted by atomic mass is 127. The Morgan fingerprint density at radius 1 is 0.844 bits per heavy atom. The molecule has 1 fully saturated rings. The Bertz CT molecular complexity index is 975. The highest BCUT2D eigenvalue weighted by Crippen LogP contribution is 2.45. The zero-order valence-electron chi connectivity index (χ0n) is 31.6. The summed E-state index contributed by atoms with van der Waals surface area (Å²) < 4.78 is 45.1. The van der Waals surface area contributed by atoms with Crippen molar-refractivity contribution >= 4 is 39.2 Å². The van der Waals surface area contributed by atoms with E-state index in [1.807, 2.05) is 0 Å². The normalized spacial score (nSPS) is 26.5.